The lowest BCUT2D eigenvalue weighted by atomic mass is 10.2. The minimum absolute atomic E-state index is 0.330. The normalized spacial score (nSPS) is 13.2. The van der Waals surface area contributed by atoms with Crippen molar-refractivity contribution in [1.29, 1.82) is 0 Å². The van der Waals surface area contributed by atoms with Crippen molar-refractivity contribution in [2.24, 2.45) is 0 Å². The second kappa shape index (κ2) is 5.43. The molecule has 0 saturated carbocycles. The topological polar surface area (TPSA) is 12.0 Å². The molecule has 0 aliphatic heterocycles. The van der Waals surface area contributed by atoms with Crippen molar-refractivity contribution < 1.29 is 0 Å². The molecule has 1 atom stereocenters. The Kier molecular flexibility index (Phi) is 3.86. The van der Waals surface area contributed by atoms with Crippen LogP contribution in [0.5, 0.6) is 0 Å². The van der Waals surface area contributed by atoms with E-state index in [1.165, 1.54) is 22.9 Å². The summed E-state index contributed by atoms with van der Waals surface area (Å²) in [5, 5.41) is 5.75. The molecule has 0 spiro atoms. The van der Waals surface area contributed by atoms with Gasteiger partial charge in [-0.3, -0.25) is 0 Å². The maximum Gasteiger partial charge on any atom is 0.0765 e. The average molecular weight is 358 g/mol. The molecular weight excluding hydrogens is 346 g/mol. The maximum absolute atomic E-state index is 3.58. The highest BCUT2D eigenvalue weighted by Gasteiger charge is 2.17. The van der Waals surface area contributed by atoms with Gasteiger partial charge in [0.25, 0.3) is 0 Å². The molecule has 1 N–H and O–H groups in total. The van der Waals surface area contributed by atoms with Crippen molar-refractivity contribution in [1.82, 2.24) is 5.32 Å². The zero-order valence-electron chi connectivity index (χ0n) is 9.77. The van der Waals surface area contributed by atoms with Gasteiger partial charge in [0.1, 0.15) is 0 Å². The van der Waals surface area contributed by atoms with Crippen molar-refractivity contribution in [2.75, 3.05) is 6.54 Å². The number of fused-ring (bicyclic) bond motifs is 1. The molecule has 5 heteroatoms. The van der Waals surface area contributed by atoms with Gasteiger partial charge in [-0.2, -0.15) is 0 Å². The van der Waals surface area contributed by atoms with Gasteiger partial charge in [0.2, 0.25) is 0 Å². The van der Waals surface area contributed by atoms with Gasteiger partial charge in [0, 0.05) is 19.2 Å². The van der Waals surface area contributed by atoms with E-state index < -0.39 is 0 Å². The van der Waals surface area contributed by atoms with Crippen LogP contribution in [0, 0.1) is 0 Å². The summed E-state index contributed by atoms with van der Waals surface area (Å²) in [6.45, 7) is 3.14. The second-order valence-corrected chi connectivity index (χ2v) is 8.49. The summed E-state index contributed by atoms with van der Waals surface area (Å²) in [6.07, 6.45) is 0. The lowest BCUT2D eigenvalue weighted by Gasteiger charge is -2.14. The average Bonchev–Trinajstić information content (AvgIpc) is 3.00. The van der Waals surface area contributed by atoms with Gasteiger partial charge in [-0.25, -0.2) is 0 Å². The third-order valence-electron chi connectivity index (χ3n) is 2.73. The Hall–Kier alpha value is -0.200. The van der Waals surface area contributed by atoms with Gasteiger partial charge >= 0.3 is 0 Å². The predicted octanol–water partition coefficient (Wildman–Crippen LogP) is 5.49. The van der Waals surface area contributed by atoms with E-state index in [-0.39, 0.29) is 0 Å². The highest BCUT2D eigenvalue weighted by atomic mass is 79.9. The summed E-state index contributed by atoms with van der Waals surface area (Å²) in [7, 11) is 0. The Labute approximate surface area is 127 Å². The molecule has 3 aromatic rings. The van der Waals surface area contributed by atoms with Crippen molar-refractivity contribution in [3.63, 3.8) is 0 Å². The Morgan fingerprint density at radius 2 is 2.06 bits per heavy atom. The van der Waals surface area contributed by atoms with Crippen molar-refractivity contribution in [3.8, 4) is 0 Å². The Bertz CT molecular complexity index is 623. The molecule has 0 fully saturated rings. The molecular formula is C13H12BrNS3. The highest BCUT2D eigenvalue weighted by Crippen LogP contribution is 2.38. The molecule has 3 heterocycles. The predicted molar refractivity (Wildman–Crippen MR) is 87.2 cm³/mol. The number of halogens is 1. The van der Waals surface area contributed by atoms with E-state index in [1.54, 1.807) is 0 Å². The zero-order valence-corrected chi connectivity index (χ0v) is 13.8. The van der Waals surface area contributed by atoms with Crippen LogP contribution in [0.2, 0.25) is 0 Å². The van der Waals surface area contributed by atoms with E-state index in [0.717, 1.165) is 6.54 Å². The molecule has 1 unspecified atom stereocenters. The maximum atomic E-state index is 3.58. The molecule has 0 saturated heterocycles. The number of hydrogen-bond acceptors (Lipinski definition) is 4. The molecule has 3 aromatic heterocycles. The minimum Gasteiger partial charge on any atom is -0.305 e. The number of nitrogens with one attached hydrogen (secondary N) is 1. The monoisotopic (exact) mass is 357 g/mol. The first kappa shape index (κ1) is 12.8. The van der Waals surface area contributed by atoms with Gasteiger partial charge in [-0.1, -0.05) is 6.92 Å². The van der Waals surface area contributed by atoms with Crippen molar-refractivity contribution in [2.45, 2.75) is 13.0 Å². The molecule has 0 radical (unpaired) electrons. The van der Waals surface area contributed by atoms with Gasteiger partial charge < -0.3 is 5.32 Å². The summed E-state index contributed by atoms with van der Waals surface area (Å²) in [4.78, 5) is 2.78. The van der Waals surface area contributed by atoms with Crippen LogP contribution in [0.25, 0.3) is 9.40 Å². The van der Waals surface area contributed by atoms with Gasteiger partial charge in [0.15, 0.2) is 0 Å². The van der Waals surface area contributed by atoms with E-state index in [4.69, 9.17) is 0 Å². The standard InChI is InChI=1S/C13H12BrNS3/c1-2-15-13(9-3-4-12(14)18-9)11-7-10-8(17-11)5-6-16-10/h3-7,13,15H,2H2,1H3. The number of hydrogen-bond donors (Lipinski definition) is 1. The summed E-state index contributed by atoms with van der Waals surface area (Å²) < 4.78 is 3.99. The summed E-state index contributed by atoms with van der Waals surface area (Å²) in [6, 6.07) is 9.19. The fourth-order valence-electron chi connectivity index (χ4n) is 1.96. The smallest absolute Gasteiger partial charge is 0.0765 e. The van der Waals surface area contributed by atoms with E-state index in [2.05, 4.69) is 57.8 Å². The first-order valence-electron chi connectivity index (χ1n) is 5.73. The number of rotatable bonds is 4. The highest BCUT2D eigenvalue weighted by molar-refractivity contribution is 9.11. The first-order valence-corrected chi connectivity index (χ1v) is 9.04. The first-order chi connectivity index (χ1) is 8.78. The molecule has 0 bridgehead atoms. The minimum atomic E-state index is 0.330. The fourth-order valence-corrected chi connectivity index (χ4v) is 5.76. The van der Waals surface area contributed by atoms with Gasteiger partial charge in [-0.15, -0.1) is 34.0 Å². The summed E-state index contributed by atoms with van der Waals surface area (Å²) >= 11 is 9.07. The van der Waals surface area contributed by atoms with Crippen LogP contribution in [0.15, 0.2) is 33.4 Å². The molecule has 1 nitrogen and oxygen atoms in total. The third kappa shape index (κ3) is 2.42. The van der Waals surface area contributed by atoms with E-state index in [0.29, 0.717) is 6.04 Å². The summed E-state index contributed by atoms with van der Waals surface area (Å²) in [5.41, 5.74) is 0. The Morgan fingerprint density at radius 1 is 1.17 bits per heavy atom. The van der Waals surface area contributed by atoms with Crippen LogP contribution < -0.4 is 5.32 Å². The van der Waals surface area contributed by atoms with Crippen LogP contribution in [0.1, 0.15) is 22.7 Å². The molecule has 18 heavy (non-hydrogen) atoms. The van der Waals surface area contributed by atoms with Gasteiger partial charge in [-0.05, 0) is 52.1 Å². The quantitative estimate of drug-likeness (QED) is 0.651. The molecule has 94 valence electrons. The number of thiophene rings is 3. The van der Waals surface area contributed by atoms with E-state index in [9.17, 15) is 0 Å². The molecule has 0 aliphatic rings. The van der Waals surface area contributed by atoms with Crippen molar-refractivity contribution in [3.05, 3.63) is 43.2 Å². The molecule has 0 aromatic carbocycles. The Morgan fingerprint density at radius 3 is 2.72 bits per heavy atom. The van der Waals surface area contributed by atoms with Crippen LogP contribution in [-0.2, 0) is 0 Å². The van der Waals surface area contributed by atoms with Crippen LogP contribution in [0.3, 0.4) is 0 Å². The third-order valence-corrected chi connectivity index (χ3v) is 6.58. The van der Waals surface area contributed by atoms with E-state index in [1.807, 2.05) is 34.0 Å². The fraction of sp³-hybridized carbons (Fsp3) is 0.231. The summed E-state index contributed by atoms with van der Waals surface area (Å²) in [5.74, 6) is 0. The van der Waals surface area contributed by atoms with Crippen LogP contribution in [-0.4, -0.2) is 6.54 Å². The molecule has 0 amide bonds. The van der Waals surface area contributed by atoms with Crippen LogP contribution in [0.4, 0.5) is 0 Å². The molecule has 3 rings (SSSR count). The molecule has 0 aliphatic carbocycles. The van der Waals surface area contributed by atoms with Crippen LogP contribution >= 0.6 is 49.9 Å². The SMILES string of the molecule is CCNC(c1ccc(Br)s1)c1cc2sccc2s1. The lowest BCUT2D eigenvalue weighted by Crippen LogP contribution is -2.19. The largest absolute Gasteiger partial charge is 0.305 e. The lowest BCUT2D eigenvalue weighted by molar-refractivity contribution is 0.649. The Balaban J connectivity index is 2.00. The van der Waals surface area contributed by atoms with E-state index >= 15 is 0 Å². The van der Waals surface area contributed by atoms with Crippen molar-refractivity contribution >= 4 is 59.3 Å². The van der Waals surface area contributed by atoms with Gasteiger partial charge in [0.05, 0.1) is 9.83 Å². The second-order valence-electron chi connectivity index (χ2n) is 3.93. The zero-order chi connectivity index (χ0) is 12.5.